The van der Waals surface area contributed by atoms with E-state index in [1.54, 1.807) is 4.90 Å². The lowest BCUT2D eigenvalue weighted by Crippen LogP contribution is -2.52. The van der Waals surface area contributed by atoms with E-state index >= 15 is 0 Å². The van der Waals surface area contributed by atoms with Gasteiger partial charge in [-0.05, 0) is 75.2 Å². The van der Waals surface area contributed by atoms with Crippen LogP contribution in [0.15, 0.2) is 23.1 Å². The number of thioether (sulfide) groups is 1. The number of unbranched alkanes of at least 4 members (excludes halogenated alkanes) is 4. The Labute approximate surface area is 201 Å². The fourth-order valence-electron chi connectivity index (χ4n) is 5.20. The molecule has 7 heteroatoms. The van der Waals surface area contributed by atoms with Crippen LogP contribution in [0.25, 0.3) is 0 Å². The van der Waals surface area contributed by atoms with Gasteiger partial charge in [0.05, 0.1) is 0 Å². The van der Waals surface area contributed by atoms with Gasteiger partial charge in [-0.2, -0.15) is 0 Å². The Bertz CT molecular complexity index is 851. The lowest BCUT2D eigenvalue weighted by atomic mass is 10.0. The first kappa shape index (κ1) is 24.3. The van der Waals surface area contributed by atoms with E-state index in [4.69, 9.17) is 0 Å². The number of piperidine rings is 1. The van der Waals surface area contributed by atoms with Crippen LogP contribution in [-0.4, -0.2) is 59.0 Å². The molecule has 1 unspecified atom stereocenters. The lowest BCUT2D eigenvalue weighted by Gasteiger charge is -2.29. The Morgan fingerprint density at radius 2 is 1.70 bits per heavy atom. The molecule has 3 heterocycles. The molecule has 3 aliphatic heterocycles. The Morgan fingerprint density at radius 1 is 0.939 bits per heavy atom. The molecule has 6 nitrogen and oxygen atoms in total. The maximum Gasteiger partial charge on any atom is 0.255 e. The van der Waals surface area contributed by atoms with Crippen molar-refractivity contribution in [1.82, 2.24) is 15.1 Å². The minimum Gasteiger partial charge on any atom is -0.322 e. The molecule has 0 saturated carbocycles. The van der Waals surface area contributed by atoms with Crippen molar-refractivity contribution >= 4 is 29.5 Å². The summed E-state index contributed by atoms with van der Waals surface area (Å²) in [6.07, 6.45) is 12.6. The Kier molecular flexibility index (Phi) is 8.84. The normalized spacial score (nSPS) is 21.8. The zero-order valence-electron chi connectivity index (χ0n) is 19.7. The second kappa shape index (κ2) is 12.0. The van der Waals surface area contributed by atoms with Crippen molar-refractivity contribution in [2.45, 2.75) is 88.1 Å². The second-order valence-electron chi connectivity index (χ2n) is 9.55. The Morgan fingerprint density at radius 3 is 2.48 bits per heavy atom. The number of likely N-dealkylation sites (tertiary alicyclic amines) is 1. The van der Waals surface area contributed by atoms with Crippen LogP contribution in [0.2, 0.25) is 0 Å². The molecule has 2 fully saturated rings. The van der Waals surface area contributed by atoms with Crippen LogP contribution < -0.4 is 5.32 Å². The summed E-state index contributed by atoms with van der Waals surface area (Å²) < 4.78 is 0. The number of amides is 3. The summed E-state index contributed by atoms with van der Waals surface area (Å²) in [5.41, 5.74) is 1.74. The van der Waals surface area contributed by atoms with E-state index in [9.17, 15) is 14.4 Å². The van der Waals surface area contributed by atoms with E-state index in [-0.39, 0.29) is 24.1 Å². The van der Waals surface area contributed by atoms with E-state index in [1.165, 1.54) is 77.4 Å². The molecule has 1 aromatic rings. The summed E-state index contributed by atoms with van der Waals surface area (Å²) in [6.45, 7) is 4.31. The van der Waals surface area contributed by atoms with Gasteiger partial charge >= 0.3 is 0 Å². The number of benzene rings is 1. The van der Waals surface area contributed by atoms with Crippen molar-refractivity contribution in [3.8, 4) is 0 Å². The minimum absolute atomic E-state index is 0.0913. The van der Waals surface area contributed by atoms with Crippen LogP contribution in [0.3, 0.4) is 0 Å². The van der Waals surface area contributed by atoms with Crippen LogP contribution in [0.4, 0.5) is 0 Å². The number of fused-ring (bicyclic) bond motifs is 1. The van der Waals surface area contributed by atoms with E-state index in [0.29, 0.717) is 18.5 Å². The molecule has 0 aliphatic carbocycles. The zero-order valence-corrected chi connectivity index (χ0v) is 20.5. The van der Waals surface area contributed by atoms with Gasteiger partial charge in [-0.3, -0.25) is 19.7 Å². The molecule has 0 radical (unpaired) electrons. The summed E-state index contributed by atoms with van der Waals surface area (Å²) in [5, 5.41) is 2.37. The number of nitrogens with zero attached hydrogens (tertiary/aromatic N) is 2. The molecule has 0 bridgehead atoms. The zero-order chi connectivity index (χ0) is 23.0. The number of carbonyl (C=O) groups excluding carboxylic acids is 3. The van der Waals surface area contributed by atoms with E-state index in [1.807, 2.05) is 23.9 Å². The molecule has 2 saturated heterocycles. The van der Waals surface area contributed by atoms with Crippen LogP contribution in [0, 0.1) is 0 Å². The van der Waals surface area contributed by atoms with Gasteiger partial charge in [0.2, 0.25) is 11.8 Å². The van der Waals surface area contributed by atoms with Gasteiger partial charge < -0.3 is 9.80 Å². The third-order valence-electron chi connectivity index (χ3n) is 7.11. The third kappa shape index (κ3) is 6.38. The average molecular weight is 472 g/mol. The molecule has 1 N–H and O–H groups in total. The smallest absolute Gasteiger partial charge is 0.255 e. The van der Waals surface area contributed by atoms with Gasteiger partial charge in [-0.25, -0.2) is 0 Å². The predicted octanol–water partition coefficient (Wildman–Crippen LogP) is 4.37. The number of nitrogens with one attached hydrogen (secondary N) is 1. The highest BCUT2D eigenvalue weighted by molar-refractivity contribution is 7.99. The molecular formula is C26H37N3O3S. The molecule has 1 aromatic carbocycles. The summed E-state index contributed by atoms with van der Waals surface area (Å²) in [6, 6.07) is 5.34. The molecule has 1 atom stereocenters. The fourth-order valence-corrected chi connectivity index (χ4v) is 6.29. The first-order valence-electron chi connectivity index (χ1n) is 12.7. The highest BCUT2D eigenvalue weighted by Gasteiger charge is 2.39. The fraction of sp³-hybridized carbons (Fsp3) is 0.654. The summed E-state index contributed by atoms with van der Waals surface area (Å²) in [7, 11) is 0. The Hall–Kier alpha value is -1.86. The molecule has 0 spiro atoms. The van der Waals surface area contributed by atoms with Gasteiger partial charge in [-0.15, -0.1) is 11.8 Å². The van der Waals surface area contributed by atoms with Crippen molar-refractivity contribution in [3.05, 3.63) is 29.3 Å². The number of imide groups is 1. The van der Waals surface area contributed by atoms with Gasteiger partial charge in [0.25, 0.3) is 5.91 Å². The first-order valence-corrected chi connectivity index (χ1v) is 13.7. The molecule has 3 aliphatic rings. The second-order valence-corrected chi connectivity index (χ2v) is 10.7. The largest absolute Gasteiger partial charge is 0.322 e. The first-order chi connectivity index (χ1) is 16.1. The summed E-state index contributed by atoms with van der Waals surface area (Å²) >= 11 is 1.82. The van der Waals surface area contributed by atoms with Gasteiger partial charge in [0.1, 0.15) is 6.04 Å². The molecule has 33 heavy (non-hydrogen) atoms. The van der Waals surface area contributed by atoms with Crippen molar-refractivity contribution in [3.63, 3.8) is 0 Å². The van der Waals surface area contributed by atoms with Crippen molar-refractivity contribution in [2.24, 2.45) is 0 Å². The lowest BCUT2D eigenvalue weighted by molar-refractivity contribution is -0.136. The molecule has 3 amide bonds. The summed E-state index contributed by atoms with van der Waals surface area (Å²) in [5.74, 6) is 0.359. The van der Waals surface area contributed by atoms with Crippen molar-refractivity contribution in [1.29, 1.82) is 0 Å². The third-order valence-corrected chi connectivity index (χ3v) is 8.30. The topological polar surface area (TPSA) is 69.7 Å². The van der Waals surface area contributed by atoms with Gasteiger partial charge in [0, 0.05) is 23.4 Å². The van der Waals surface area contributed by atoms with Crippen molar-refractivity contribution in [2.75, 3.05) is 25.4 Å². The van der Waals surface area contributed by atoms with Gasteiger partial charge in [0.15, 0.2) is 0 Å². The molecule has 0 aromatic heterocycles. The quantitative estimate of drug-likeness (QED) is 0.312. The molecule has 180 valence electrons. The van der Waals surface area contributed by atoms with Crippen molar-refractivity contribution < 1.29 is 14.4 Å². The molecular weight excluding hydrogens is 434 g/mol. The summed E-state index contributed by atoms with van der Waals surface area (Å²) in [4.78, 5) is 42.1. The van der Waals surface area contributed by atoms with Crippen LogP contribution in [-0.2, 0) is 16.1 Å². The maximum absolute atomic E-state index is 12.9. The number of rotatable bonds is 10. The SMILES string of the molecule is O=C1CCC(N2Cc3c(SCCCCCCCN4CCCCCC4)cccc3C2=O)C(=O)N1. The molecule has 4 rings (SSSR count). The monoisotopic (exact) mass is 471 g/mol. The van der Waals surface area contributed by atoms with Gasteiger partial charge in [-0.1, -0.05) is 38.2 Å². The number of carbonyl (C=O) groups is 3. The average Bonchev–Trinajstić information content (AvgIpc) is 2.97. The maximum atomic E-state index is 12.9. The predicted molar refractivity (Wildman–Crippen MR) is 131 cm³/mol. The number of hydrogen-bond donors (Lipinski definition) is 1. The number of hydrogen-bond acceptors (Lipinski definition) is 5. The van der Waals surface area contributed by atoms with E-state index in [0.717, 1.165) is 16.2 Å². The Balaban J connectivity index is 1.18. The standard InChI is InChI=1S/C26H37N3O3S/c30-24-14-13-22(25(31)27-24)29-19-21-20(26(29)32)11-10-12-23(21)33-18-9-5-1-2-6-15-28-16-7-3-4-8-17-28/h10-12,22H,1-9,13-19H2,(H,27,30,31). The van der Waals surface area contributed by atoms with Crippen LogP contribution in [0.1, 0.15) is 86.6 Å². The van der Waals surface area contributed by atoms with E-state index < -0.39 is 6.04 Å². The highest BCUT2D eigenvalue weighted by atomic mass is 32.2. The van der Waals surface area contributed by atoms with Crippen LogP contribution >= 0.6 is 11.8 Å². The van der Waals surface area contributed by atoms with Crippen LogP contribution in [0.5, 0.6) is 0 Å². The van der Waals surface area contributed by atoms with E-state index in [2.05, 4.69) is 16.3 Å². The highest BCUT2D eigenvalue weighted by Crippen LogP contribution is 2.34. The minimum atomic E-state index is -0.547.